The maximum Gasteiger partial charge on any atom is 0.173 e. The number of hydrogen-bond donors (Lipinski definition) is 3. The van der Waals surface area contributed by atoms with Gasteiger partial charge in [0, 0.05) is 17.8 Å². The van der Waals surface area contributed by atoms with Gasteiger partial charge in [0.05, 0.1) is 5.56 Å². The Bertz CT molecular complexity index is 641. The van der Waals surface area contributed by atoms with Crippen molar-refractivity contribution in [3.05, 3.63) is 65.0 Å². The molecule has 20 heavy (non-hydrogen) atoms. The van der Waals surface area contributed by atoms with E-state index < -0.39 is 5.82 Å². The number of nitrogens with two attached hydrogens (primary N) is 1. The minimum absolute atomic E-state index is 0.0936. The summed E-state index contributed by atoms with van der Waals surface area (Å²) < 4.78 is 14.2. The zero-order valence-electron chi connectivity index (χ0n) is 11.1. The van der Waals surface area contributed by atoms with Crippen molar-refractivity contribution in [1.82, 2.24) is 0 Å². The van der Waals surface area contributed by atoms with Crippen LogP contribution < -0.4 is 11.1 Å². The van der Waals surface area contributed by atoms with E-state index in [-0.39, 0.29) is 11.4 Å². The second kappa shape index (κ2) is 6.06. The van der Waals surface area contributed by atoms with Crippen molar-refractivity contribution in [1.29, 1.82) is 0 Å². The van der Waals surface area contributed by atoms with E-state index in [1.807, 2.05) is 31.2 Å². The van der Waals surface area contributed by atoms with Crippen LogP contribution in [0.15, 0.2) is 47.6 Å². The lowest BCUT2D eigenvalue weighted by Crippen LogP contribution is -2.16. The Kier molecular flexibility index (Phi) is 4.20. The molecule has 2 aromatic carbocycles. The van der Waals surface area contributed by atoms with Crippen molar-refractivity contribution in [3.63, 3.8) is 0 Å². The first-order valence-electron chi connectivity index (χ1n) is 6.17. The molecule has 0 atom stereocenters. The lowest BCUT2D eigenvalue weighted by atomic mass is 10.1. The maximum absolute atomic E-state index is 14.2. The Labute approximate surface area is 116 Å². The molecule has 0 aliphatic heterocycles. The lowest BCUT2D eigenvalue weighted by molar-refractivity contribution is 0.318. The molecule has 0 aliphatic rings. The average molecular weight is 273 g/mol. The summed E-state index contributed by atoms with van der Waals surface area (Å²) in [4.78, 5) is 0. The molecule has 2 aromatic rings. The van der Waals surface area contributed by atoms with Gasteiger partial charge in [-0.15, -0.1) is 0 Å². The van der Waals surface area contributed by atoms with E-state index in [0.29, 0.717) is 12.1 Å². The number of benzene rings is 2. The zero-order chi connectivity index (χ0) is 14.5. The summed E-state index contributed by atoms with van der Waals surface area (Å²) in [6.07, 6.45) is 0. The van der Waals surface area contributed by atoms with E-state index in [0.717, 1.165) is 11.3 Å². The van der Waals surface area contributed by atoms with Crippen molar-refractivity contribution >= 4 is 11.5 Å². The van der Waals surface area contributed by atoms with Crippen LogP contribution in [0, 0.1) is 12.7 Å². The summed E-state index contributed by atoms with van der Waals surface area (Å²) in [5.41, 5.74) is 8.02. The maximum atomic E-state index is 14.2. The number of rotatable bonds is 4. The number of nitrogens with zero attached hydrogens (tertiary/aromatic N) is 1. The van der Waals surface area contributed by atoms with E-state index in [2.05, 4.69) is 10.5 Å². The summed E-state index contributed by atoms with van der Waals surface area (Å²) in [6.45, 7) is 2.31. The number of oxime groups is 1. The molecule has 104 valence electrons. The number of halogens is 1. The van der Waals surface area contributed by atoms with Gasteiger partial charge in [0.2, 0.25) is 0 Å². The van der Waals surface area contributed by atoms with Gasteiger partial charge < -0.3 is 16.3 Å². The summed E-state index contributed by atoms with van der Waals surface area (Å²) >= 11 is 0. The Hall–Kier alpha value is -2.56. The monoisotopic (exact) mass is 273 g/mol. The van der Waals surface area contributed by atoms with Crippen molar-refractivity contribution < 1.29 is 9.60 Å². The molecule has 4 nitrogen and oxygen atoms in total. The van der Waals surface area contributed by atoms with Crippen LogP contribution in [0.4, 0.5) is 10.1 Å². The van der Waals surface area contributed by atoms with Crippen LogP contribution in [0.5, 0.6) is 0 Å². The summed E-state index contributed by atoms with van der Waals surface area (Å²) in [6, 6.07) is 12.6. The van der Waals surface area contributed by atoms with Gasteiger partial charge in [0.1, 0.15) is 5.82 Å². The van der Waals surface area contributed by atoms with Gasteiger partial charge in [0.15, 0.2) is 5.84 Å². The molecule has 0 spiro atoms. The molecule has 0 aliphatic carbocycles. The summed E-state index contributed by atoms with van der Waals surface area (Å²) in [7, 11) is 0. The topological polar surface area (TPSA) is 70.6 Å². The first kappa shape index (κ1) is 13.9. The first-order valence-corrected chi connectivity index (χ1v) is 6.17. The molecule has 0 aromatic heterocycles. The molecule has 0 saturated heterocycles. The molecule has 0 heterocycles. The molecule has 0 unspecified atom stereocenters. The number of anilines is 1. The van der Waals surface area contributed by atoms with E-state index in [1.165, 1.54) is 6.07 Å². The fraction of sp³-hybridized carbons (Fsp3) is 0.133. The number of amidine groups is 1. The number of nitrogens with one attached hydrogen (secondary N) is 1. The van der Waals surface area contributed by atoms with Crippen LogP contribution in [0.2, 0.25) is 0 Å². The van der Waals surface area contributed by atoms with E-state index >= 15 is 0 Å². The van der Waals surface area contributed by atoms with Gasteiger partial charge in [-0.25, -0.2) is 4.39 Å². The number of hydrogen-bond acceptors (Lipinski definition) is 3. The Morgan fingerprint density at radius 2 is 2.05 bits per heavy atom. The van der Waals surface area contributed by atoms with E-state index in [9.17, 15) is 4.39 Å². The largest absolute Gasteiger partial charge is 0.409 e. The molecule has 0 bridgehead atoms. The van der Waals surface area contributed by atoms with Crippen molar-refractivity contribution in [2.24, 2.45) is 10.9 Å². The van der Waals surface area contributed by atoms with Crippen LogP contribution in [-0.2, 0) is 6.54 Å². The Morgan fingerprint density at radius 3 is 2.75 bits per heavy atom. The smallest absolute Gasteiger partial charge is 0.173 e. The normalized spacial score (nSPS) is 11.4. The molecule has 5 heteroatoms. The van der Waals surface area contributed by atoms with Crippen molar-refractivity contribution in [2.45, 2.75) is 13.5 Å². The van der Waals surface area contributed by atoms with Crippen LogP contribution >= 0.6 is 0 Å². The van der Waals surface area contributed by atoms with Gasteiger partial charge in [-0.05, 0) is 30.7 Å². The summed E-state index contributed by atoms with van der Waals surface area (Å²) in [5, 5.41) is 14.6. The van der Waals surface area contributed by atoms with Gasteiger partial charge in [-0.2, -0.15) is 0 Å². The summed E-state index contributed by atoms with van der Waals surface area (Å²) in [5.74, 6) is -0.720. The van der Waals surface area contributed by atoms with Gasteiger partial charge in [-0.3, -0.25) is 0 Å². The lowest BCUT2D eigenvalue weighted by Gasteiger charge is -2.10. The van der Waals surface area contributed by atoms with Crippen LogP contribution in [0.3, 0.4) is 0 Å². The third kappa shape index (κ3) is 3.06. The molecular weight excluding hydrogens is 257 g/mol. The fourth-order valence-electron chi connectivity index (χ4n) is 1.92. The molecule has 0 radical (unpaired) electrons. The highest BCUT2D eigenvalue weighted by Crippen LogP contribution is 2.16. The molecule has 2 rings (SSSR count). The van der Waals surface area contributed by atoms with Gasteiger partial charge in [-0.1, -0.05) is 29.4 Å². The molecule has 4 N–H and O–H groups in total. The standard InChI is InChI=1S/C15H16FN3O/c1-10-4-2-6-12(8-10)18-9-11-5-3-7-13(14(11)16)15(17)19-20/h2-8,18,20H,9H2,1H3,(H2,17,19). The third-order valence-corrected chi connectivity index (χ3v) is 2.96. The van der Waals surface area contributed by atoms with Crippen molar-refractivity contribution in [2.75, 3.05) is 5.32 Å². The van der Waals surface area contributed by atoms with Crippen molar-refractivity contribution in [3.8, 4) is 0 Å². The minimum Gasteiger partial charge on any atom is -0.409 e. The quantitative estimate of drug-likeness (QED) is 0.347. The Balaban J connectivity index is 2.18. The van der Waals surface area contributed by atoms with Crippen LogP contribution in [0.1, 0.15) is 16.7 Å². The van der Waals surface area contributed by atoms with E-state index in [1.54, 1.807) is 12.1 Å². The SMILES string of the molecule is Cc1cccc(NCc2cccc(/C(N)=N/O)c2F)c1. The highest BCUT2D eigenvalue weighted by Gasteiger charge is 2.11. The molecular formula is C15H16FN3O. The molecule has 0 saturated carbocycles. The van der Waals surface area contributed by atoms with Crippen LogP contribution in [-0.4, -0.2) is 11.0 Å². The molecule has 0 amide bonds. The van der Waals surface area contributed by atoms with Crippen LogP contribution in [0.25, 0.3) is 0 Å². The second-order valence-corrected chi connectivity index (χ2v) is 4.49. The third-order valence-electron chi connectivity index (χ3n) is 2.96. The first-order chi connectivity index (χ1) is 9.61. The van der Waals surface area contributed by atoms with E-state index in [4.69, 9.17) is 10.9 Å². The molecule has 0 fully saturated rings. The highest BCUT2D eigenvalue weighted by molar-refractivity contribution is 5.97. The van der Waals surface area contributed by atoms with Gasteiger partial charge >= 0.3 is 0 Å². The average Bonchev–Trinajstić information content (AvgIpc) is 2.45. The number of aryl methyl sites for hydroxylation is 1. The minimum atomic E-state index is -0.483. The highest BCUT2D eigenvalue weighted by atomic mass is 19.1. The fourth-order valence-corrected chi connectivity index (χ4v) is 1.92. The predicted octanol–water partition coefficient (Wildman–Crippen LogP) is 2.84. The Morgan fingerprint density at radius 1 is 1.30 bits per heavy atom. The van der Waals surface area contributed by atoms with Gasteiger partial charge in [0.25, 0.3) is 0 Å². The zero-order valence-corrected chi connectivity index (χ0v) is 11.1. The predicted molar refractivity (Wildman–Crippen MR) is 77.4 cm³/mol. The second-order valence-electron chi connectivity index (χ2n) is 4.49.